The number of pyridine rings is 2. The average molecular weight is 500 g/mol. The zero-order chi connectivity index (χ0) is 24.5. The third-order valence-electron chi connectivity index (χ3n) is 6.68. The minimum absolute atomic E-state index is 0.463. The largest absolute Gasteiger partial charge is 0.592 e. The van der Waals surface area contributed by atoms with E-state index in [1.807, 2.05) is 23.4 Å². The van der Waals surface area contributed by atoms with Crippen LogP contribution in [0, 0.1) is 5.92 Å². The van der Waals surface area contributed by atoms with Crippen LogP contribution in [0.5, 0.6) is 0 Å². The average Bonchev–Trinajstić information content (AvgIpc) is 3.16. The van der Waals surface area contributed by atoms with Crippen LogP contribution in [0.3, 0.4) is 0 Å². The Labute approximate surface area is 208 Å². The van der Waals surface area contributed by atoms with Crippen LogP contribution in [-0.4, -0.2) is 75.0 Å². The van der Waals surface area contributed by atoms with Crippen molar-refractivity contribution in [2.45, 2.75) is 31.3 Å². The first-order chi connectivity index (χ1) is 16.9. The fourth-order valence-corrected chi connectivity index (χ4v) is 6.05. The van der Waals surface area contributed by atoms with E-state index in [1.54, 1.807) is 13.2 Å². The van der Waals surface area contributed by atoms with Gasteiger partial charge in [-0.2, -0.15) is 4.98 Å². The second-order valence-corrected chi connectivity index (χ2v) is 10.6. The van der Waals surface area contributed by atoms with E-state index in [4.69, 9.17) is 31.0 Å². The Morgan fingerprint density at radius 2 is 1.91 bits per heavy atom. The molecule has 5 rings (SSSR count). The maximum atomic E-state index is 13.3. The second kappa shape index (κ2) is 10.3. The van der Waals surface area contributed by atoms with Crippen molar-refractivity contribution in [3.63, 3.8) is 0 Å². The summed E-state index contributed by atoms with van der Waals surface area (Å²) in [7, 11) is 1.77. The van der Waals surface area contributed by atoms with Crippen molar-refractivity contribution in [2.24, 2.45) is 17.5 Å². The van der Waals surface area contributed by atoms with E-state index in [-0.39, 0.29) is 0 Å². The first-order valence-electron chi connectivity index (χ1n) is 12.0. The lowest BCUT2D eigenvalue weighted by Crippen LogP contribution is -2.40. The maximum absolute atomic E-state index is 13.3. The highest BCUT2D eigenvalue weighted by atomic mass is 32.2. The van der Waals surface area contributed by atoms with E-state index in [1.165, 1.54) is 5.01 Å². The van der Waals surface area contributed by atoms with Crippen LogP contribution in [-0.2, 0) is 27.4 Å². The fraction of sp³-hybridized carbons (Fsp3) is 0.500. The molecule has 0 amide bonds. The number of morpholine rings is 1. The molecule has 5 heterocycles. The highest BCUT2D eigenvalue weighted by Crippen LogP contribution is 2.32. The zero-order valence-corrected chi connectivity index (χ0v) is 21.1. The molecule has 0 radical (unpaired) electrons. The number of hydrazine groups is 1. The number of ether oxygens (including phenoxy) is 2. The third-order valence-corrected chi connectivity index (χ3v) is 8.10. The quantitative estimate of drug-likeness (QED) is 0.296. The van der Waals surface area contributed by atoms with Gasteiger partial charge in [-0.25, -0.2) is 5.84 Å². The summed E-state index contributed by atoms with van der Waals surface area (Å²) >= 11 is -1.35. The number of aromatic nitrogens is 3. The van der Waals surface area contributed by atoms with Gasteiger partial charge >= 0.3 is 0 Å². The van der Waals surface area contributed by atoms with Gasteiger partial charge in [0.25, 0.3) is 5.03 Å². The summed E-state index contributed by atoms with van der Waals surface area (Å²) in [5, 5.41) is 3.01. The Kier molecular flexibility index (Phi) is 7.14. The SMILES string of the molecule is C/C(N)=C(\c1cnc2c3ccc([S+]([O-])N4CCOCC4)nc3n(CC3CCOCC3)c2c1)N(C)N. The number of nitrogens with zero attached hydrogens (tertiary/aromatic N) is 5. The first kappa shape index (κ1) is 24.3. The molecule has 10 nitrogen and oxygen atoms in total. The molecule has 3 aromatic heterocycles. The number of fused-ring (bicyclic) bond motifs is 3. The first-order valence-corrected chi connectivity index (χ1v) is 13.1. The molecule has 0 aliphatic carbocycles. The van der Waals surface area contributed by atoms with Crippen molar-refractivity contribution >= 4 is 39.1 Å². The lowest BCUT2D eigenvalue weighted by atomic mass is 10.0. The summed E-state index contributed by atoms with van der Waals surface area (Å²) in [6.07, 6.45) is 3.79. The summed E-state index contributed by atoms with van der Waals surface area (Å²) in [5.74, 6) is 6.55. The Morgan fingerprint density at radius 1 is 1.20 bits per heavy atom. The number of rotatable bonds is 6. The minimum atomic E-state index is -1.35. The molecular weight excluding hydrogens is 466 g/mol. The van der Waals surface area contributed by atoms with Gasteiger partial charge in [0, 0.05) is 55.7 Å². The van der Waals surface area contributed by atoms with Crippen molar-refractivity contribution in [3.8, 4) is 0 Å². The van der Waals surface area contributed by atoms with Crippen LogP contribution in [0.15, 0.2) is 35.1 Å². The molecule has 0 bridgehead atoms. The molecule has 188 valence electrons. The van der Waals surface area contributed by atoms with E-state index >= 15 is 0 Å². The molecule has 0 saturated carbocycles. The molecule has 2 aliphatic heterocycles. The van der Waals surface area contributed by atoms with E-state index in [0.717, 1.165) is 65.9 Å². The van der Waals surface area contributed by atoms with E-state index in [0.29, 0.717) is 42.9 Å². The number of nitrogens with two attached hydrogens (primary N) is 2. The number of allylic oxidation sites excluding steroid dienone is 1. The Hall–Kier alpha value is -2.41. The van der Waals surface area contributed by atoms with Gasteiger partial charge in [-0.1, -0.05) is 0 Å². The lowest BCUT2D eigenvalue weighted by Gasteiger charge is -2.26. The molecule has 1 atom stereocenters. The summed E-state index contributed by atoms with van der Waals surface area (Å²) in [6, 6.07) is 5.92. The molecule has 3 aromatic rings. The zero-order valence-electron chi connectivity index (χ0n) is 20.3. The van der Waals surface area contributed by atoms with Gasteiger partial charge in [-0.05, 0) is 37.8 Å². The van der Waals surface area contributed by atoms with Crippen molar-refractivity contribution in [2.75, 3.05) is 46.6 Å². The number of hydrogen-bond donors (Lipinski definition) is 2. The van der Waals surface area contributed by atoms with Gasteiger partial charge in [-0.3, -0.25) is 4.98 Å². The Morgan fingerprint density at radius 3 is 2.60 bits per heavy atom. The summed E-state index contributed by atoms with van der Waals surface area (Å²) in [4.78, 5) is 9.75. The molecule has 0 spiro atoms. The monoisotopic (exact) mass is 499 g/mol. The summed E-state index contributed by atoms with van der Waals surface area (Å²) in [6.45, 7) is 6.56. The van der Waals surface area contributed by atoms with Gasteiger partial charge in [0.05, 0.1) is 43.0 Å². The van der Waals surface area contributed by atoms with Crippen molar-refractivity contribution in [1.29, 1.82) is 0 Å². The highest BCUT2D eigenvalue weighted by molar-refractivity contribution is 7.89. The molecule has 2 saturated heterocycles. The van der Waals surface area contributed by atoms with E-state index in [9.17, 15) is 4.55 Å². The van der Waals surface area contributed by atoms with Gasteiger partial charge in [0.15, 0.2) is 0 Å². The predicted molar refractivity (Wildman–Crippen MR) is 136 cm³/mol. The van der Waals surface area contributed by atoms with Gasteiger partial charge < -0.3 is 29.3 Å². The van der Waals surface area contributed by atoms with Crippen molar-refractivity contribution < 1.29 is 14.0 Å². The molecule has 2 fully saturated rings. The summed E-state index contributed by atoms with van der Waals surface area (Å²) < 4.78 is 28.4. The molecule has 0 aromatic carbocycles. The third kappa shape index (κ3) is 4.84. The highest BCUT2D eigenvalue weighted by Gasteiger charge is 2.28. The predicted octanol–water partition coefficient (Wildman–Crippen LogP) is 1.82. The lowest BCUT2D eigenvalue weighted by molar-refractivity contribution is 0.0619. The molecule has 1 unspecified atom stereocenters. The molecule has 11 heteroatoms. The van der Waals surface area contributed by atoms with Crippen LogP contribution in [0.1, 0.15) is 25.3 Å². The molecular formula is C24H33N7O3S. The van der Waals surface area contributed by atoms with E-state index in [2.05, 4.69) is 10.6 Å². The van der Waals surface area contributed by atoms with Crippen LogP contribution in [0.4, 0.5) is 0 Å². The Balaban J connectivity index is 1.64. The van der Waals surface area contributed by atoms with Crippen LogP contribution in [0.25, 0.3) is 27.8 Å². The molecule has 2 aliphatic rings. The van der Waals surface area contributed by atoms with Crippen LogP contribution in [0.2, 0.25) is 0 Å². The summed E-state index contributed by atoms with van der Waals surface area (Å²) in [5.41, 5.74) is 11.0. The van der Waals surface area contributed by atoms with Gasteiger partial charge in [0.1, 0.15) is 17.0 Å². The maximum Gasteiger partial charge on any atom is 0.267 e. The van der Waals surface area contributed by atoms with Crippen LogP contribution >= 0.6 is 0 Å². The van der Waals surface area contributed by atoms with Gasteiger partial charge in [0.2, 0.25) is 0 Å². The normalized spacial score (nSPS) is 19.8. The minimum Gasteiger partial charge on any atom is -0.592 e. The molecule has 35 heavy (non-hydrogen) atoms. The standard InChI is InChI=1S/C24H33N7O3S/c1-16(25)23(29(2)26)18-13-20-22(27-14-18)19-3-4-21(35(32)30-7-11-34-12-8-30)28-24(19)31(20)15-17-5-9-33-10-6-17/h3-4,13-14,17H,5-12,15,25-26H2,1-2H3/b23-16-. The fourth-order valence-electron chi connectivity index (χ4n) is 4.96. The second-order valence-electron chi connectivity index (χ2n) is 9.21. The molecule has 4 N–H and O–H groups in total. The van der Waals surface area contributed by atoms with E-state index < -0.39 is 11.4 Å². The van der Waals surface area contributed by atoms with Crippen molar-refractivity contribution in [1.82, 2.24) is 23.8 Å². The number of hydrogen-bond acceptors (Lipinski definition) is 9. The topological polar surface area (TPSA) is 131 Å². The smallest absolute Gasteiger partial charge is 0.267 e. The Bertz CT molecular complexity index is 1230. The van der Waals surface area contributed by atoms with Crippen LogP contribution < -0.4 is 11.6 Å². The van der Waals surface area contributed by atoms with Gasteiger partial charge in [-0.15, -0.1) is 4.31 Å². The van der Waals surface area contributed by atoms with Crippen molar-refractivity contribution in [3.05, 3.63) is 35.7 Å².